The second-order valence-electron chi connectivity index (χ2n) is 3.61. The zero-order valence-corrected chi connectivity index (χ0v) is 9.83. The van der Waals surface area contributed by atoms with Crippen molar-refractivity contribution in [3.8, 4) is 0 Å². The smallest absolute Gasteiger partial charge is 0.143 e. The molecule has 0 aliphatic carbocycles. The van der Waals surface area contributed by atoms with Crippen molar-refractivity contribution in [1.29, 1.82) is 0 Å². The number of carbonyl (C=O) groups is 1. The van der Waals surface area contributed by atoms with Crippen LogP contribution in [0.2, 0.25) is 0 Å². The van der Waals surface area contributed by atoms with E-state index in [0.29, 0.717) is 12.8 Å². The lowest BCUT2D eigenvalue weighted by molar-refractivity contribution is -0.117. The molecule has 0 spiro atoms. The number of Topliss-reactive ketones (excluding diaryl/α,β-unsaturated/α-hetero) is 1. The highest BCUT2D eigenvalue weighted by Crippen LogP contribution is 2.10. The minimum atomic E-state index is 0.191. The maximum Gasteiger partial charge on any atom is 0.143 e. The Hall–Kier alpha value is -1.55. The Morgan fingerprint density at radius 2 is 2.06 bits per heavy atom. The lowest BCUT2D eigenvalue weighted by atomic mass is 10.1. The minimum Gasteiger partial charge on any atom is -0.299 e. The predicted molar refractivity (Wildman–Crippen MR) is 63.5 cm³/mol. The van der Waals surface area contributed by atoms with Crippen molar-refractivity contribution in [1.82, 2.24) is 9.97 Å². The molecule has 82 valence electrons. The van der Waals surface area contributed by atoms with E-state index in [4.69, 9.17) is 0 Å². The standard InChI is InChI=1S/C12H12N2OS/c1-9-14-11(8-16-9)7-12(15)6-10-2-4-13-5-3-10/h2-5,8H,6-7H2,1H3. The van der Waals surface area contributed by atoms with Gasteiger partial charge in [0.2, 0.25) is 0 Å². The fourth-order valence-corrected chi connectivity index (χ4v) is 2.09. The van der Waals surface area contributed by atoms with Crippen molar-refractivity contribution in [2.75, 3.05) is 0 Å². The summed E-state index contributed by atoms with van der Waals surface area (Å²) >= 11 is 1.58. The van der Waals surface area contributed by atoms with Crippen LogP contribution in [-0.2, 0) is 17.6 Å². The number of aromatic nitrogens is 2. The van der Waals surface area contributed by atoms with E-state index in [0.717, 1.165) is 16.3 Å². The molecule has 0 N–H and O–H groups in total. The number of aryl methyl sites for hydroxylation is 1. The number of rotatable bonds is 4. The molecule has 2 aromatic rings. The molecule has 0 fully saturated rings. The van der Waals surface area contributed by atoms with Crippen LogP contribution in [0.3, 0.4) is 0 Å². The van der Waals surface area contributed by atoms with Crippen LogP contribution in [0.4, 0.5) is 0 Å². The predicted octanol–water partition coefficient (Wildman–Crippen LogP) is 2.20. The third-order valence-corrected chi connectivity index (χ3v) is 3.02. The molecule has 16 heavy (non-hydrogen) atoms. The van der Waals surface area contributed by atoms with Crippen LogP contribution in [-0.4, -0.2) is 15.8 Å². The lowest BCUT2D eigenvalue weighted by Gasteiger charge is -1.98. The average Bonchev–Trinajstić information content (AvgIpc) is 2.65. The molecule has 4 heteroatoms. The topological polar surface area (TPSA) is 42.9 Å². The molecule has 2 rings (SSSR count). The minimum absolute atomic E-state index is 0.191. The molecule has 0 aromatic carbocycles. The molecule has 0 unspecified atom stereocenters. The van der Waals surface area contributed by atoms with E-state index in [1.54, 1.807) is 23.7 Å². The number of carbonyl (C=O) groups excluding carboxylic acids is 1. The molecule has 0 aliphatic rings. The molecule has 0 saturated heterocycles. The van der Waals surface area contributed by atoms with Gasteiger partial charge in [0, 0.05) is 30.6 Å². The zero-order chi connectivity index (χ0) is 11.4. The van der Waals surface area contributed by atoms with Crippen molar-refractivity contribution in [2.24, 2.45) is 0 Å². The molecule has 0 atom stereocenters. The first kappa shape index (κ1) is 11.0. The number of nitrogens with zero attached hydrogens (tertiary/aromatic N) is 2. The van der Waals surface area contributed by atoms with Crippen LogP contribution < -0.4 is 0 Å². The summed E-state index contributed by atoms with van der Waals surface area (Å²) in [7, 11) is 0. The van der Waals surface area contributed by atoms with Gasteiger partial charge in [-0.15, -0.1) is 11.3 Å². The Morgan fingerprint density at radius 3 is 2.69 bits per heavy atom. The Bertz CT molecular complexity index is 479. The summed E-state index contributed by atoms with van der Waals surface area (Å²) in [5.74, 6) is 0.191. The van der Waals surface area contributed by atoms with Gasteiger partial charge in [-0.2, -0.15) is 0 Å². The highest BCUT2D eigenvalue weighted by Gasteiger charge is 2.07. The van der Waals surface area contributed by atoms with Gasteiger partial charge in [-0.25, -0.2) is 4.98 Å². The number of thiazole rings is 1. The molecular formula is C12H12N2OS. The van der Waals surface area contributed by atoms with Crippen LogP contribution >= 0.6 is 11.3 Å². The van der Waals surface area contributed by atoms with Gasteiger partial charge in [-0.3, -0.25) is 9.78 Å². The first-order valence-electron chi connectivity index (χ1n) is 5.05. The highest BCUT2D eigenvalue weighted by atomic mass is 32.1. The van der Waals surface area contributed by atoms with Gasteiger partial charge in [-0.1, -0.05) is 0 Å². The number of hydrogen-bond acceptors (Lipinski definition) is 4. The van der Waals surface area contributed by atoms with E-state index < -0.39 is 0 Å². The quantitative estimate of drug-likeness (QED) is 0.811. The van der Waals surface area contributed by atoms with Gasteiger partial charge in [0.1, 0.15) is 5.78 Å². The molecule has 0 amide bonds. The van der Waals surface area contributed by atoms with Crippen molar-refractivity contribution in [2.45, 2.75) is 19.8 Å². The molecule has 0 aliphatic heterocycles. The summed E-state index contributed by atoms with van der Waals surface area (Å²) in [6.07, 6.45) is 4.29. The van der Waals surface area contributed by atoms with Gasteiger partial charge in [0.05, 0.1) is 10.7 Å². The van der Waals surface area contributed by atoms with Gasteiger partial charge in [0.15, 0.2) is 0 Å². The monoisotopic (exact) mass is 232 g/mol. The normalized spacial score (nSPS) is 10.3. The molecule has 2 aromatic heterocycles. The van der Waals surface area contributed by atoms with Crippen molar-refractivity contribution >= 4 is 17.1 Å². The molecule has 0 radical (unpaired) electrons. The average molecular weight is 232 g/mol. The summed E-state index contributed by atoms with van der Waals surface area (Å²) in [4.78, 5) is 19.9. The summed E-state index contributed by atoms with van der Waals surface area (Å²) in [5, 5.41) is 2.95. The zero-order valence-electron chi connectivity index (χ0n) is 9.01. The third kappa shape index (κ3) is 2.97. The van der Waals surface area contributed by atoms with Crippen molar-refractivity contribution in [3.63, 3.8) is 0 Å². The van der Waals surface area contributed by atoms with Gasteiger partial charge in [0.25, 0.3) is 0 Å². The first-order valence-corrected chi connectivity index (χ1v) is 5.93. The van der Waals surface area contributed by atoms with E-state index in [1.165, 1.54) is 0 Å². The largest absolute Gasteiger partial charge is 0.299 e. The first-order chi connectivity index (χ1) is 7.74. The second kappa shape index (κ2) is 4.99. The van der Waals surface area contributed by atoms with Gasteiger partial charge < -0.3 is 0 Å². The molecule has 3 nitrogen and oxygen atoms in total. The number of hydrogen-bond donors (Lipinski definition) is 0. The van der Waals surface area contributed by atoms with Crippen LogP contribution in [0.5, 0.6) is 0 Å². The van der Waals surface area contributed by atoms with Crippen LogP contribution in [0, 0.1) is 6.92 Å². The maximum atomic E-state index is 11.7. The number of ketones is 1. The van der Waals surface area contributed by atoms with E-state index in [1.807, 2.05) is 24.4 Å². The Labute approximate surface area is 98.2 Å². The summed E-state index contributed by atoms with van der Waals surface area (Å²) < 4.78 is 0. The molecule has 0 bridgehead atoms. The molecule has 2 heterocycles. The Morgan fingerprint density at radius 1 is 1.31 bits per heavy atom. The summed E-state index contributed by atoms with van der Waals surface area (Å²) in [5.41, 5.74) is 1.88. The number of pyridine rings is 1. The van der Waals surface area contributed by atoms with Crippen molar-refractivity contribution < 1.29 is 4.79 Å². The van der Waals surface area contributed by atoms with Gasteiger partial charge >= 0.3 is 0 Å². The summed E-state index contributed by atoms with van der Waals surface area (Å²) in [6.45, 7) is 1.95. The third-order valence-electron chi connectivity index (χ3n) is 2.20. The van der Waals surface area contributed by atoms with E-state index in [-0.39, 0.29) is 5.78 Å². The molecule has 0 saturated carbocycles. The molecular weight excluding hydrogens is 220 g/mol. The van der Waals surface area contributed by atoms with Crippen LogP contribution in [0.15, 0.2) is 29.9 Å². The van der Waals surface area contributed by atoms with Crippen LogP contribution in [0.1, 0.15) is 16.3 Å². The second-order valence-corrected chi connectivity index (χ2v) is 4.67. The Kier molecular flexibility index (Phi) is 3.41. The SMILES string of the molecule is Cc1nc(CC(=O)Cc2ccncc2)cs1. The van der Waals surface area contributed by atoms with E-state index in [9.17, 15) is 4.79 Å². The summed E-state index contributed by atoms with van der Waals surface area (Å²) in [6, 6.07) is 3.73. The van der Waals surface area contributed by atoms with Crippen LogP contribution in [0.25, 0.3) is 0 Å². The van der Waals surface area contributed by atoms with Crippen molar-refractivity contribution in [3.05, 3.63) is 46.2 Å². The van der Waals surface area contributed by atoms with E-state index >= 15 is 0 Å². The highest BCUT2D eigenvalue weighted by molar-refractivity contribution is 7.09. The van der Waals surface area contributed by atoms with E-state index in [2.05, 4.69) is 9.97 Å². The maximum absolute atomic E-state index is 11.7. The van der Waals surface area contributed by atoms with Gasteiger partial charge in [-0.05, 0) is 24.6 Å². The lowest BCUT2D eigenvalue weighted by Crippen LogP contribution is -2.06. The fraction of sp³-hybridized carbons (Fsp3) is 0.250. The Balaban J connectivity index is 1.95. The fourth-order valence-electron chi connectivity index (χ4n) is 1.48.